The van der Waals surface area contributed by atoms with Crippen LogP contribution in [-0.2, 0) is 4.79 Å². The first-order valence-electron chi connectivity index (χ1n) is 5.16. The number of ether oxygens (including phenoxy) is 1. The Morgan fingerprint density at radius 1 is 1.44 bits per heavy atom. The van der Waals surface area contributed by atoms with Crippen molar-refractivity contribution in [3.63, 3.8) is 0 Å². The van der Waals surface area contributed by atoms with Gasteiger partial charge in [0.05, 0.1) is 12.1 Å². The molecule has 1 aromatic carbocycles. The van der Waals surface area contributed by atoms with Crippen LogP contribution in [0.1, 0.15) is 25.8 Å². The molecule has 2 rings (SSSR count). The predicted octanol–water partition coefficient (Wildman–Crippen LogP) is 3.26. The molecule has 3 nitrogen and oxygen atoms in total. The third-order valence-corrected chi connectivity index (χ3v) is 2.94. The molecule has 0 spiro atoms. The molecule has 0 saturated heterocycles. The predicted molar refractivity (Wildman–Crippen MR) is 66.8 cm³/mol. The monoisotopic (exact) mass is 283 g/mol. The van der Waals surface area contributed by atoms with Gasteiger partial charge in [0.15, 0.2) is 0 Å². The summed E-state index contributed by atoms with van der Waals surface area (Å²) in [5.74, 6) is 0.750. The molecule has 1 N–H and O–H groups in total. The number of hydrogen-bond acceptors (Lipinski definition) is 2. The molecule has 0 unspecified atom stereocenters. The molecule has 1 amide bonds. The lowest BCUT2D eigenvalue weighted by Crippen LogP contribution is -2.31. The van der Waals surface area contributed by atoms with Crippen LogP contribution in [0.2, 0.25) is 0 Å². The van der Waals surface area contributed by atoms with Gasteiger partial charge in [0, 0.05) is 4.47 Å². The molecule has 4 heteroatoms. The summed E-state index contributed by atoms with van der Waals surface area (Å²) in [4.78, 5) is 11.7. The van der Waals surface area contributed by atoms with Crippen molar-refractivity contribution in [2.75, 3.05) is 5.32 Å². The molecule has 1 heterocycles. The number of carbonyl (C=O) groups is 1. The van der Waals surface area contributed by atoms with Crippen LogP contribution in [0.4, 0.5) is 5.69 Å². The largest absolute Gasteiger partial charge is 0.485 e. The third-order valence-electron chi connectivity index (χ3n) is 2.48. The number of anilines is 1. The molecule has 0 fully saturated rings. The lowest BCUT2D eigenvalue weighted by Gasteiger charge is -2.24. The maximum absolute atomic E-state index is 11.7. The van der Waals surface area contributed by atoms with Crippen LogP contribution < -0.4 is 10.1 Å². The number of halogens is 1. The van der Waals surface area contributed by atoms with E-state index in [2.05, 4.69) is 21.2 Å². The van der Waals surface area contributed by atoms with Crippen LogP contribution in [0, 0.1) is 6.92 Å². The minimum absolute atomic E-state index is 0.0127. The lowest BCUT2D eigenvalue weighted by molar-refractivity contribution is -0.118. The van der Waals surface area contributed by atoms with E-state index in [0.717, 1.165) is 21.5 Å². The molecule has 1 aromatic rings. The van der Waals surface area contributed by atoms with Crippen molar-refractivity contribution in [1.29, 1.82) is 0 Å². The maximum atomic E-state index is 11.7. The van der Waals surface area contributed by atoms with E-state index in [0.29, 0.717) is 6.42 Å². The van der Waals surface area contributed by atoms with Gasteiger partial charge in [-0.15, -0.1) is 0 Å². The molecule has 0 atom stereocenters. The smallest absolute Gasteiger partial charge is 0.228 e. The van der Waals surface area contributed by atoms with E-state index in [-0.39, 0.29) is 5.91 Å². The Balaban J connectivity index is 2.54. The van der Waals surface area contributed by atoms with Crippen molar-refractivity contribution < 1.29 is 9.53 Å². The number of nitrogens with one attached hydrogen (secondary N) is 1. The van der Waals surface area contributed by atoms with Crippen LogP contribution in [0.3, 0.4) is 0 Å². The standard InChI is InChI=1S/C12H14BrNO2/c1-7-4-8(13)5-9-11(7)16-12(2,3)6-10(15)14-9/h4-5H,6H2,1-3H3,(H,14,15). The van der Waals surface area contributed by atoms with Gasteiger partial charge in [-0.25, -0.2) is 0 Å². The fourth-order valence-corrected chi connectivity index (χ4v) is 2.42. The van der Waals surface area contributed by atoms with Crippen LogP contribution in [0.15, 0.2) is 16.6 Å². The second-order valence-electron chi connectivity index (χ2n) is 4.69. The highest BCUT2D eigenvalue weighted by Gasteiger charge is 2.30. The fraction of sp³-hybridized carbons (Fsp3) is 0.417. The first kappa shape index (κ1) is 11.5. The zero-order chi connectivity index (χ0) is 11.9. The van der Waals surface area contributed by atoms with E-state index >= 15 is 0 Å². The molecular formula is C12H14BrNO2. The van der Waals surface area contributed by atoms with E-state index in [9.17, 15) is 4.79 Å². The summed E-state index contributed by atoms with van der Waals surface area (Å²) in [6, 6.07) is 3.84. The van der Waals surface area contributed by atoms with E-state index < -0.39 is 5.60 Å². The SMILES string of the molecule is Cc1cc(Br)cc2c1OC(C)(C)CC(=O)N2. The van der Waals surface area contributed by atoms with Crippen molar-refractivity contribution in [2.45, 2.75) is 32.8 Å². The number of fused-ring (bicyclic) bond motifs is 1. The second-order valence-corrected chi connectivity index (χ2v) is 5.60. The van der Waals surface area contributed by atoms with Gasteiger partial charge in [0.25, 0.3) is 0 Å². The van der Waals surface area contributed by atoms with Gasteiger partial charge in [0.1, 0.15) is 11.4 Å². The molecule has 16 heavy (non-hydrogen) atoms. The highest BCUT2D eigenvalue weighted by Crippen LogP contribution is 2.37. The molecule has 0 aliphatic carbocycles. The number of aryl methyl sites for hydroxylation is 1. The van der Waals surface area contributed by atoms with Gasteiger partial charge < -0.3 is 10.1 Å². The average molecular weight is 284 g/mol. The van der Waals surface area contributed by atoms with Crippen LogP contribution in [0.25, 0.3) is 0 Å². The van der Waals surface area contributed by atoms with Gasteiger partial charge in [-0.05, 0) is 38.5 Å². The molecule has 1 aliphatic rings. The van der Waals surface area contributed by atoms with Crippen molar-refractivity contribution in [1.82, 2.24) is 0 Å². The Bertz CT molecular complexity index is 455. The van der Waals surface area contributed by atoms with Crippen LogP contribution in [0.5, 0.6) is 5.75 Å². The molecule has 1 aliphatic heterocycles. The number of hydrogen-bond donors (Lipinski definition) is 1. The van der Waals surface area contributed by atoms with Crippen LogP contribution in [-0.4, -0.2) is 11.5 Å². The van der Waals surface area contributed by atoms with Gasteiger partial charge in [-0.1, -0.05) is 15.9 Å². The summed E-state index contributed by atoms with van der Waals surface area (Å²) in [5, 5.41) is 2.87. The zero-order valence-corrected chi connectivity index (χ0v) is 11.1. The Kier molecular flexibility index (Phi) is 2.70. The Hall–Kier alpha value is -1.03. The highest BCUT2D eigenvalue weighted by molar-refractivity contribution is 9.10. The second kappa shape index (κ2) is 3.77. The van der Waals surface area contributed by atoms with Crippen molar-refractivity contribution in [3.05, 3.63) is 22.2 Å². The summed E-state index contributed by atoms with van der Waals surface area (Å²) in [6.07, 6.45) is 0.360. The zero-order valence-electron chi connectivity index (χ0n) is 9.56. The third kappa shape index (κ3) is 2.21. The fourth-order valence-electron chi connectivity index (χ4n) is 1.85. The summed E-state index contributed by atoms with van der Waals surface area (Å²) in [6.45, 7) is 5.81. The number of amides is 1. The first-order valence-corrected chi connectivity index (χ1v) is 5.96. The van der Waals surface area contributed by atoms with E-state index in [1.165, 1.54) is 0 Å². The van der Waals surface area contributed by atoms with Crippen LogP contribution >= 0.6 is 15.9 Å². The summed E-state index contributed by atoms with van der Waals surface area (Å²) in [7, 11) is 0. The van der Waals surface area contributed by atoms with E-state index in [1.807, 2.05) is 32.9 Å². The van der Waals surface area contributed by atoms with E-state index in [4.69, 9.17) is 4.74 Å². The Morgan fingerprint density at radius 2 is 2.12 bits per heavy atom. The Morgan fingerprint density at radius 3 is 2.81 bits per heavy atom. The Labute approximate surface area is 103 Å². The minimum Gasteiger partial charge on any atom is -0.485 e. The minimum atomic E-state index is -0.464. The van der Waals surface area contributed by atoms with Gasteiger partial charge >= 0.3 is 0 Å². The number of benzene rings is 1. The van der Waals surface area contributed by atoms with Crippen molar-refractivity contribution >= 4 is 27.5 Å². The first-order chi connectivity index (χ1) is 7.37. The number of rotatable bonds is 0. The summed E-state index contributed by atoms with van der Waals surface area (Å²) >= 11 is 3.41. The molecule has 86 valence electrons. The number of carbonyl (C=O) groups excluding carboxylic acids is 1. The average Bonchev–Trinajstić information content (AvgIpc) is 2.19. The lowest BCUT2D eigenvalue weighted by atomic mass is 10.1. The van der Waals surface area contributed by atoms with Gasteiger partial charge in [0.2, 0.25) is 5.91 Å². The molecule has 0 saturated carbocycles. The van der Waals surface area contributed by atoms with Crippen molar-refractivity contribution in [2.24, 2.45) is 0 Å². The van der Waals surface area contributed by atoms with Gasteiger partial charge in [-0.2, -0.15) is 0 Å². The molecule has 0 radical (unpaired) electrons. The highest BCUT2D eigenvalue weighted by atomic mass is 79.9. The topological polar surface area (TPSA) is 38.3 Å². The molecule has 0 aromatic heterocycles. The summed E-state index contributed by atoms with van der Waals surface area (Å²) < 4.78 is 6.83. The normalized spacial score (nSPS) is 18.1. The van der Waals surface area contributed by atoms with E-state index in [1.54, 1.807) is 0 Å². The quantitative estimate of drug-likeness (QED) is 0.794. The summed E-state index contributed by atoms with van der Waals surface area (Å²) in [5.41, 5.74) is 1.29. The van der Waals surface area contributed by atoms with Gasteiger partial charge in [-0.3, -0.25) is 4.79 Å². The van der Waals surface area contributed by atoms with Crippen molar-refractivity contribution in [3.8, 4) is 5.75 Å². The molecule has 0 bridgehead atoms. The maximum Gasteiger partial charge on any atom is 0.228 e. The molecular weight excluding hydrogens is 270 g/mol.